The largest absolute Gasteiger partial charge is 0.534 e. The Morgan fingerprint density at radius 1 is 0.491 bits per heavy atom. The molecule has 0 radical (unpaired) electrons. The number of rotatable bonds is 14. The molecule has 7 atom stereocenters. The van der Waals surface area contributed by atoms with Gasteiger partial charge in [-0.1, -0.05) is 0 Å². The molecule has 0 spiro atoms. The van der Waals surface area contributed by atoms with E-state index in [-0.39, 0.29) is 111 Å². The third-order valence-electron chi connectivity index (χ3n) is 18.3. The minimum absolute atomic E-state index is 0.0123. The van der Waals surface area contributed by atoms with Gasteiger partial charge in [0.2, 0.25) is 23.7 Å². The minimum Gasteiger partial charge on any atom is -0.466 e. The lowest BCUT2D eigenvalue weighted by Crippen LogP contribution is -2.47. The maximum Gasteiger partial charge on any atom is 0.534 e. The van der Waals surface area contributed by atoms with Crippen LogP contribution in [0.2, 0.25) is 0 Å². The van der Waals surface area contributed by atoms with E-state index in [1.165, 1.54) is 30.4 Å². The molecule has 9 aliphatic rings. The number of nitrogens with zero attached hydrogens (tertiary/aromatic N) is 6. The topological polar surface area (TPSA) is 340 Å². The van der Waals surface area contributed by atoms with Gasteiger partial charge in [-0.2, -0.15) is 30.4 Å². The molecule has 4 aromatic heterocycles. The predicted octanol–water partition coefficient (Wildman–Crippen LogP) is 11.7. The molecule has 5 saturated heterocycles. The molecule has 0 saturated carbocycles. The minimum atomic E-state index is -5.80. The molecule has 0 bridgehead atoms. The third-order valence-corrected chi connectivity index (χ3v) is 21.1. The number of esters is 4. The van der Waals surface area contributed by atoms with Gasteiger partial charge in [0, 0.05) is 141 Å². The van der Waals surface area contributed by atoms with Crippen LogP contribution < -0.4 is 9.80 Å². The van der Waals surface area contributed by atoms with Crippen LogP contribution in [0.25, 0.3) is 5.57 Å². The van der Waals surface area contributed by atoms with Crippen molar-refractivity contribution in [3.63, 3.8) is 0 Å². The normalized spacial score (nSPS) is 22.0. The number of aromatic nitrogens is 4. The molecular weight excluding hydrogens is 1770 g/mol. The summed E-state index contributed by atoms with van der Waals surface area (Å²) in [6.07, 6.45) is 10.5. The van der Waals surface area contributed by atoms with E-state index in [0.29, 0.717) is 142 Å². The number of ether oxygens (including phenoxy) is 11. The molecule has 13 heterocycles. The van der Waals surface area contributed by atoms with Gasteiger partial charge in [0.25, 0.3) is 0 Å². The number of carbonyl (C=O) groups is 8. The zero-order chi connectivity index (χ0) is 81.8. The Labute approximate surface area is 678 Å². The molecule has 4 aromatic rings. The van der Waals surface area contributed by atoms with Crippen molar-refractivity contribution in [2.24, 2.45) is 23.7 Å². The van der Waals surface area contributed by atoms with Gasteiger partial charge in [-0.15, -0.1) is 0 Å². The van der Waals surface area contributed by atoms with E-state index in [4.69, 9.17) is 47.4 Å². The maximum atomic E-state index is 13.9. The van der Waals surface area contributed by atoms with Crippen LogP contribution in [0, 0.1) is 35.6 Å². The summed E-state index contributed by atoms with van der Waals surface area (Å²) in [6.45, 7) is 18.2. The van der Waals surface area contributed by atoms with Crippen molar-refractivity contribution in [2.45, 2.75) is 116 Å². The summed E-state index contributed by atoms with van der Waals surface area (Å²) >= 11 is 13.5. The molecule has 0 aliphatic carbocycles. The van der Waals surface area contributed by atoms with Gasteiger partial charge in [-0.25, -0.2) is 29.5 Å². The molecule has 5 fully saturated rings. The molecule has 0 aromatic carbocycles. The predicted molar refractivity (Wildman–Crippen MR) is 405 cm³/mol. The first-order valence-corrected chi connectivity index (χ1v) is 40.9. The second-order valence-corrected chi connectivity index (χ2v) is 30.6. The highest BCUT2D eigenvalue weighted by molar-refractivity contribution is 9.11. The van der Waals surface area contributed by atoms with E-state index in [1.54, 1.807) is 55.1 Å². The number of hydrogen-bond acceptors (Lipinski definition) is 26. The SMILES string of the molecule is CCN1C(=O)[C@H]2COCC[C@@H]2c2cc(Br)cnc21.CCN1C(=O)[C@H]2COCC[C@H]2c2cc(Br)cnc21.CCOC(=O)C1=C(OS(=O)(=O)C(F)(F)F)CCOC1.CCOC(=O)C1=C(c2cc(Br)cnc2F)CCOC1.CCOC(=O)C1COCCC1=O.CCOC(=O)C1COCCC1c1cc(Br)cnc1F.O=C1CCOCC1. The van der Waals surface area contributed by atoms with E-state index in [0.717, 1.165) is 46.6 Å². The van der Waals surface area contributed by atoms with Gasteiger partial charge in [0.05, 0.1) is 122 Å². The van der Waals surface area contributed by atoms with Gasteiger partial charge in [0.15, 0.2) is 5.78 Å². The number of pyridine rings is 4. The Hall–Kier alpha value is -6.72. The van der Waals surface area contributed by atoms with Crippen molar-refractivity contribution >= 4 is 138 Å². The lowest BCUT2D eigenvalue weighted by atomic mass is 9.79. The lowest BCUT2D eigenvalue weighted by Gasteiger charge is -2.40. The highest BCUT2D eigenvalue weighted by Gasteiger charge is 2.50. The number of amides is 2. The number of ketones is 2. The van der Waals surface area contributed by atoms with Crippen molar-refractivity contribution in [3.8, 4) is 0 Å². The maximum absolute atomic E-state index is 13.9. The summed E-state index contributed by atoms with van der Waals surface area (Å²) in [5.74, 6) is -2.68. The van der Waals surface area contributed by atoms with E-state index >= 15 is 0 Å². The third kappa shape index (κ3) is 25.6. The number of fused-ring (bicyclic) bond motifs is 6. The first-order chi connectivity index (χ1) is 53.5. The van der Waals surface area contributed by atoms with E-state index in [1.807, 2.05) is 13.8 Å². The smallest absolute Gasteiger partial charge is 0.466 e. The van der Waals surface area contributed by atoms with E-state index in [2.05, 4.69) is 105 Å². The van der Waals surface area contributed by atoms with Crippen molar-refractivity contribution in [1.29, 1.82) is 0 Å². The van der Waals surface area contributed by atoms with Gasteiger partial charge >= 0.3 is 39.5 Å². The Morgan fingerprint density at radius 2 is 0.929 bits per heavy atom. The molecule has 2 amide bonds. The highest BCUT2D eigenvalue weighted by atomic mass is 79.9. The van der Waals surface area contributed by atoms with Crippen LogP contribution in [0.4, 0.5) is 33.6 Å². The first-order valence-electron chi connectivity index (χ1n) is 36.3. The standard InChI is InChI=1S/C13H15BrFNO3.C13H13BrFNO3.2C13H15BrN2O2.C9H11F3O6S.C8H12O4.C5H8O2/c2*1-2-19-13(17)11-7-18-4-3-9(11)10-5-8(14)6-16-12(10)15;2*1-2-16-12-10(5-8(14)6-15-12)9-3-4-18-7-11(9)13(16)17;1-2-17-8(13)6-5-16-4-3-7(6)18-19(14,15)9(10,11)12;1-2-12-8(10)6-5-11-4-3-7(6)9;6-5-1-3-7-4-2-5/h5-6,9,11H,2-4,7H2,1H3;5-6H,2-4,7H2,1H3;2*5-6,9,11H,2-4,7H2,1H3;2-5H2,1H3;6H,2-5H2,1H3;1-4H2/t;;9-,11+;9-,11-;;;/m..10.../s1. The number of Topliss-reactive ketones (excluding diaryl/α,β-unsaturated/α-hetero) is 2. The number of hydrogen-bond donors (Lipinski definition) is 0. The van der Waals surface area contributed by atoms with Gasteiger partial charge < -0.3 is 56.3 Å². The molecule has 9 aliphatic heterocycles. The number of halogens is 9. The molecule has 13 rings (SSSR count). The monoisotopic (exact) mass is 1860 g/mol. The highest BCUT2D eigenvalue weighted by Crippen LogP contribution is 2.45. The summed E-state index contributed by atoms with van der Waals surface area (Å²) in [7, 11) is -5.80. The Bertz CT molecular complexity index is 4030. The second kappa shape index (κ2) is 45.5. The zero-order valence-electron chi connectivity index (χ0n) is 62.4. The summed E-state index contributed by atoms with van der Waals surface area (Å²) in [4.78, 5) is 112. The molecular formula is C74H89Br4F5N6O22S. The van der Waals surface area contributed by atoms with Crippen molar-refractivity contribution < 1.29 is 125 Å². The van der Waals surface area contributed by atoms with Crippen LogP contribution in [0.5, 0.6) is 0 Å². The Balaban J connectivity index is 0.000000184. The average Bonchev–Trinajstić information content (AvgIpc) is 0.760. The van der Waals surface area contributed by atoms with Gasteiger partial charge in [-0.3, -0.25) is 38.6 Å². The number of alkyl halides is 3. The Morgan fingerprint density at radius 3 is 1.43 bits per heavy atom. The fraction of sp³-hybridized carbons (Fsp3) is 0.568. The average molecular weight is 1860 g/mol. The molecule has 616 valence electrons. The summed E-state index contributed by atoms with van der Waals surface area (Å²) in [5.41, 5.74) is -1.82. The molecule has 38 heteroatoms. The summed E-state index contributed by atoms with van der Waals surface area (Å²) in [5, 5.41) is 0. The first kappa shape index (κ1) is 92.5. The fourth-order valence-electron chi connectivity index (χ4n) is 12.9. The van der Waals surface area contributed by atoms with Crippen LogP contribution >= 0.6 is 63.7 Å². The molecule has 112 heavy (non-hydrogen) atoms. The van der Waals surface area contributed by atoms with Crippen molar-refractivity contribution in [3.05, 3.63) is 118 Å². The summed E-state index contributed by atoms with van der Waals surface area (Å²) < 4.78 is 149. The molecule has 28 nitrogen and oxygen atoms in total. The quantitative estimate of drug-likeness (QED) is 0.0215. The van der Waals surface area contributed by atoms with Gasteiger partial charge in [-0.05, 0) is 161 Å². The van der Waals surface area contributed by atoms with Crippen LogP contribution in [-0.2, 0) is 105 Å². The van der Waals surface area contributed by atoms with Crippen molar-refractivity contribution in [1.82, 2.24) is 19.9 Å². The Kier molecular flexibility index (Phi) is 37.6. The number of anilines is 2. The fourth-order valence-corrected chi connectivity index (χ4v) is 14.9. The van der Waals surface area contributed by atoms with Crippen molar-refractivity contribution in [2.75, 3.05) is 142 Å². The van der Waals surface area contributed by atoms with E-state index < -0.39 is 63.0 Å². The molecule has 3 unspecified atom stereocenters. The van der Waals surface area contributed by atoms with Crippen LogP contribution in [0.1, 0.15) is 133 Å². The summed E-state index contributed by atoms with van der Waals surface area (Å²) in [6, 6.07) is 7.48. The van der Waals surface area contributed by atoms with Gasteiger partial charge in [0.1, 0.15) is 34.7 Å². The zero-order valence-corrected chi connectivity index (χ0v) is 69.6. The van der Waals surface area contributed by atoms with Crippen LogP contribution in [0.15, 0.2) is 83.8 Å². The van der Waals surface area contributed by atoms with Crippen LogP contribution in [0.3, 0.4) is 0 Å². The molecule has 0 N–H and O–H groups in total. The number of carbonyl (C=O) groups excluding carboxylic acids is 8. The van der Waals surface area contributed by atoms with E-state index in [9.17, 15) is 68.7 Å². The lowest BCUT2D eigenvalue weighted by molar-refractivity contribution is -0.157. The second-order valence-electron chi connectivity index (χ2n) is 25.4. The van der Waals surface area contributed by atoms with Crippen LogP contribution in [-0.4, -0.2) is 213 Å².